The van der Waals surface area contributed by atoms with Crippen molar-refractivity contribution in [1.29, 1.82) is 0 Å². The van der Waals surface area contributed by atoms with Crippen LogP contribution in [0.4, 0.5) is 0 Å². The van der Waals surface area contributed by atoms with Gasteiger partial charge in [0.2, 0.25) is 0 Å². The molecule has 1 aliphatic carbocycles. The Morgan fingerprint density at radius 2 is 1.94 bits per heavy atom. The van der Waals surface area contributed by atoms with Gasteiger partial charge in [-0.25, -0.2) is 0 Å². The predicted octanol–water partition coefficient (Wildman–Crippen LogP) is 2.73. The van der Waals surface area contributed by atoms with E-state index in [0.29, 0.717) is 11.8 Å². The van der Waals surface area contributed by atoms with Crippen molar-refractivity contribution in [3.8, 4) is 0 Å². The minimum absolute atomic E-state index is 0. The lowest BCUT2D eigenvalue weighted by atomic mass is 9.98. The third-order valence-electron chi connectivity index (χ3n) is 4.09. The normalized spacial score (nSPS) is 25.7. The number of rotatable bonds is 0. The van der Waals surface area contributed by atoms with Crippen molar-refractivity contribution in [2.45, 2.75) is 25.2 Å². The number of benzene rings is 1. The third kappa shape index (κ3) is 1.42. The second-order valence-electron chi connectivity index (χ2n) is 5.03. The highest BCUT2D eigenvalue weighted by molar-refractivity contribution is 5.85. The molecule has 4 rings (SSSR count). The molecule has 1 saturated heterocycles. The van der Waals surface area contributed by atoms with Crippen molar-refractivity contribution in [3.63, 3.8) is 0 Å². The van der Waals surface area contributed by atoms with Gasteiger partial charge in [-0.1, -0.05) is 5.16 Å². The van der Waals surface area contributed by atoms with E-state index >= 15 is 0 Å². The Morgan fingerprint density at radius 1 is 1.24 bits per heavy atom. The standard InChI is InChI=1S/C13H14N2O.ClH/c1-7-10-3-11-8-2-9(6-14-5-8)12(11)4-13(10)16-15-7;/h3-4,8-9,14H,2,5-6H2,1H3;1H. The Hall–Kier alpha value is -1.06. The Kier molecular flexibility index (Phi) is 2.42. The highest BCUT2D eigenvalue weighted by Gasteiger charge is 2.34. The molecule has 2 atom stereocenters. The molecular formula is C13H15ClN2O. The molecular weight excluding hydrogens is 236 g/mol. The lowest BCUT2D eigenvalue weighted by molar-refractivity contribution is 0.447. The summed E-state index contributed by atoms with van der Waals surface area (Å²) in [5.74, 6) is 1.39. The molecule has 0 amide bonds. The first kappa shape index (κ1) is 11.1. The average molecular weight is 251 g/mol. The Labute approximate surface area is 106 Å². The summed E-state index contributed by atoms with van der Waals surface area (Å²) in [6.07, 6.45) is 1.31. The van der Waals surface area contributed by atoms with E-state index in [2.05, 4.69) is 22.6 Å². The van der Waals surface area contributed by atoms with Crippen LogP contribution in [0.3, 0.4) is 0 Å². The highest BCUT2D eigenvalue weighted by atomic mass is 35.5. The van der Waals surface area contributed by atoms with Crippen molar-refractivity contribution in [1.82, 2.24) is 10.5 Å². The topological polar surface area (TPSA) is 38.1 Å². The van der Waals surface area contributed by atoms with Gasteiger partial charge in [-0.3, -0.25) is 0 Å². The highest BCUT2D eigenvalue weighted by Crippen LogP contribution is 2.45. The zero-order chi connectivity index (χ0) is 10.7. The summed E-state index contributed by atoms with van der Waals surface area (Å²) in [4.78, 5) is 0. The molecule has 2 heterocycles. The monoisotopic (exact) mass is 250 g/mol. The van der Waals surface area contributed by atoms with Gasteiger partial charge in [-0.2, -0.15) is 0 Å². The summed E-state index contributed by atoms with van der Waals surface area (Å²) < 4.78 is 5.35. The maximum atomic E-state index is 5.35. The molecule has 1 N–H and O–H groups in total. The van der Waals surface area contributed by atoms with Crippen LogP contribution >= 0.6 is 12.4 Å². The smallest absolute Gasteiger partial charge is 0.167 e. The molecule has 0 spiro atoms. The fourth-order valence-corrected chi connectivity index (χ4v) is 3.26. The Balaban J connectivity index is 0.000000902. The van der Waals surface area contributed by atoms with Gasteiger partial charge in [0.15, 0.2) is 5.58 Å². The summed E-state index contributed by atoms with van der Waals surface area (Å²) >= 11 is 0. The van der Waals surface area contributed by atoms with E-state index in [0.717, 1.165) is 24.4 Å². The SMILES string of the molecule is Cc1noc2cc3c(cc12)C1CNCC3C1.Cl. The number of hydrogen-bond acceptors (Lipinski definition) is 3. The molecule has 2 aliphatic rings. The second-order valence-corrected chi connectivity index (χ2v) is 5.03. The minimum atomic E-state index is 0. The van der Waals surface area contributed by atoms with Crippen LogP contribution < -0.4 is 5.32 Å². The number of piperidine rings is 1. The molecule has 2 aromatic rings. The average Bonchev–Trinajstić information content (AvgIpc) is 2.79. The summed E-state index contributed by atoms with van der Waals surface area (Å²) in [6.45, 7) is 4.25. The van der Waals surface area contributed by atoms with Crippen LogP contribution in [-0.2, 0) is 0 Å². The number of aryl methyl sites for hydroxylation is 1. The first-order valence-electron chi connectivity index (χ1n) is 5.93. The number of aromatic nitrogens is 1. The number of nitrogens with zero attached hydrogens (tertiary/aromatic N) is 1. The molecule has 2 unspecified atom stereocenters. The van der Waals surface area contributed by atoms with Crippen LogP contribution in [0.15, 0.2) is 16.7 Å². The van der Waals surface area contributed by atoms with Crippen LogP contribution in [-0.4, -0.2) is 18.2 Å². The fourth-order valence-electron chi connectivity index (χ4n) is 3.26. The number of nitrogens with one attached hydrogen (secondary N) is 1. The van der Waals surface area contributed by atoms with E-state index in [1.54, 1.807) is 0 Å². The van der Waals surface area contributed by atoms with E-state index < -0.39 is 0 Å². The first-order chi connectivity index (χ1) is 7.83. The molecule has 4 heteroatoms. The van der Waals surface area contributed by atoms with Gasteiger partial charge in [-0.15, -0.1) is 12.4 Å². The van der Waals surface area contributed by atoms with E-state index in [9.17, 15) is 0 Å². The van der Waals surface area contributed by atoms with Crippen LogP contribution in [0.1, 0.15) is 35.1 Å². The minimum Gasteiger partial charge on any atom is -0.356 e. The largest absolute Gasteiger partial charge is 0.356 e. The quantitative estimate of drug-likeness (QED) is 0.781. The number of halogens is 1. The zero-order valence-corrected chi connectivity index (χ0v) is 10.5. The summed E-state index contributed by atoms with van der Waals surface area (Å²) in [6, 6.07) is 4.51. The van der Waals surface area contributed by atoms with Crippen molar-refractivity contribution in [3.05, 3.63) is 29.0 Å². The number of fused-ring (bicyclic) bond motifs is 6. The maximum Gasteiger partial charge on any atom is 0.167 e. The predicted molar refractivity (Wildman–Crippen MR) is 69.0 cm³/mol. The summed E-state index contributed by atoms with van der Waals surface area (Å²) in [5.41, 5.74) is 4.96. The first-order valence-corrected chi connectivity index (χ1v) is 5.93. The molecule has 1 fully saturated rings. The molecule has 17 heavy (non-hydrogen) atoms. The van der Waals surface area contributed by atoms with Gasteiger partial charge in [0, 0.05) is 18.5 Å². The van der Waals surface area contributed by atoms with Crippen molar-refractivity contribution in [2.24, 2.45) is 0 Å². The van der Waals surface area contributed by atoms with Crippen molar-refractivity contribution in [2.75, 3.05) is 13.1 Å². The molecule has 0 saturated carbocycles. The maximum absolute atomic E-state index is 5.35. The van der Waals surface area contributed by atoms with Gasteiger partial charge in [0.1, 0.15) is 0 Å². The van der Waals surface area contributed by atoms with E-state index in [-0.39, 0.29) is 12.4 Å². The molecule has 3 nitrogen and oxygen atoms in total. The molecule has 90 valence electrons. The van der Waals surface area contributed by atoms with E-state index in [1.165, 1.54) is 22.9 Å². The van der Waals surface area contributed by atoms with Gasteiger partial charge < -0.3 is 9.84 Å². The van der Waals surface area contributed by atoms with Gasteiger partial charge in [-0.05, 0) is 48.4 Å². The van der Waals surface area contributed by atoms with Gasteiger partial charge in [0.25, 0.3) is 0 Å². The van der Waals surface area contributed by atoms with E-state index in [1.807, 2.05) is 6.92 Å². The van der Waals surface area contributed by atoms with Crippen LogP contribution in [0.5, 0.6) is 0 Å². The van der Waals surface area contributed by atoms with Gasteiger partial charge >= 0.3 is 0 Å². The zero-order valence-electron chi connectivity index (χ0n) is 9.69. The van der Waals surface area contributed by atoms with Crippen molar-refractivity contribution < 1.29 is 4.52 Å². The molecule has 2 bridgehead atoms. The fraction of sp³-hybridized carbons (Fsp3) is 0.462. The van der Waals surface area contributed by atoms with Gasteiger partial charge in [0.05, 0.1) is 5.69 Å². The summed E-state index contributed by atoms with van der Waals surface area (Å²) in [5, 5.41) is 8.73. The summed E-state index contributed by atoms with van der Waals surface area (Å²) in [7, 11) is 0. The third-order valence-corrected chi connectivity index (χ3v) is 4.09. The van der Waals surface area contributed by atoms with Crippen LogP contribution in [0, 0.1) is 6.92 Å². The molecule has 0 radical (unpaired) electrons. The number of hydrogen-bond donors (Lipinski definition) is 1. The van der Waals surface area contributed by atoms with Crippen LogP contribution in [0.2, 0.25) is 0 Å². The van der Waals surface area contributed by atoms with Crippen molar-refractivity contribution >= 4 is 23.4 Å². The molecule has 1 aromatic carbocycles. The van der Waals surface area contributed by atoms with Crippen LogP contribution in [0.25, 0.3) is 11.0 Å². The molecule has 1 aromatic heterocycles. The second kappa shape index (κ2) is 3.72. The van der Waals surface area contributed by atoms with E-state index in [4.69, 9.17) is 4.52 Å². The lowest BCUT2D eigenvalue weighted by Crippen LogP contribution is -2.28. The Bertz CT molecular complexity index is 578. The lowest BCUT2D eigenvalue weighted by Gasteiger charge is -2.19. The Morgan fingerprint density at radius 3 is 2.71 bits per heavy atom. The molecule has 1 aliphatic heterocycles.